The van der Waals surface area contributed by atoms with Crippen molar-refractivity contribution in [1.82, 2.24) is 10.2 Å². The molecule has 2 aliphatic rings. The van der Waals surface area contributed by atoms with Crippen LogP contribution < -0.4 is 10.6 Å². The van der Waals surface area contributed by atoms with Crippen molar-refractivity contribution in [3.05, 3.63) is 29.3 Å². The molecule has 0 saturated carbocycles. The van der Waals surface area contributed by atoms with Crippen LogP contribution in [0.25, 0.3) is 0 Å². The van der Waals surface area contributed by atoms with Crippen molar-refractivity contribution in [2.75, 3.05) is 44.7 Å². The minimum Gasteiger partial charge on any atom is -0.379 e. The van der Waals surface area contributed by atoms with Gasteiger partial charge < -0.3 is 15.4 Å². The van der Waals surface area contributed by atoms with Crippen LogP contribution in [0.3, 0.4) is 0 Å². The van der Waals surface area contributed by atoms with E-state index >= 15 is 0 Å². The second kappa shape index (κ2) is 11.8. The maximum Gasteiger partial charge on any atom is 0.224 e. The summed E-state index contributed by atoms with van der Waals surface area (Å²) in [5.74, 6) is 0.790. The van der Waals surface area contributed by atoms with E-state index in [9.17, 15) is 4.79 Å². The molecule has 2 saturated heterocycles. The van der Waals surface area contributed by atoms with Crippen LogP contribution in [-0.4, -0.2) is 50.2 Å². The molecule has 7 heteroatoms. The fourth-order valence-corrected chi connectivity index (χ4v) is 3.43. The average Bonchev–Trinajstić information content (AvgIpc) is 3.11. The lowest BCUT2D eigenvalue weighted by Crippen LogP contribution is -2.35. The van der Waals surface area contributed by atoms with E-state index in [4.69, 9.17) is 4.74 Å². The predicted molar refractivity (Wildman–Crippen MR) is 111 cm³/mol. The average molecular weight is 404 g/mol. The Kier molecular flexibility index (Phi) is 10.5. The van der Waals surface area contributed by atoms with Crippen LogP contribution in [0.5, 0.6) is 0 Å². The highest BCUT2D eigenvalue weighted by atomic mass is 35.5. The Bertz CT molecular complexity index is 560. The third kappa shape index (κ3) is 7.05. The Balaban J connectivity index is 0.00000169. The maximum absolute atomic E-state index is 12.3. The molecule has 2 aliphatic heterocycles. The molecule has 0 bridgehead atoms. The Labute approximate surface area is 169 Å². The Hall–Kier alpha value is -0.850. The summed E-state index contributed by atoms with van der Waals surface area (Å²) in [6.07, 6.45) is 2.78. The van der Waals surface area contributed by atoms with Crippen molar-refractivity contribution in [1.29, 1.82) is 0 Å². The van der Waals surface area contributed by atoms with Crippen LogP contribution in [0.15, 0.2) is 18.2 Å². The number of nitrogens with one attached hydrogen (secondary N) is 2. The van der Waals surface area contributed by atoms with Gasteiger partial charge in [-0.1, -0.05) is 12.1 Å². The van der Waals surface area contributed by atoms with E-state index in [1.165, 1.54) is 12.0 Å². The molecule has 0 aromatic heterocycles. The molecule has 1 unspecified atom stereocenters. The van der Waals surface area contributed by atoms with Gasteiger partial charge in [-0.25, -0.2) is 0 Å². The molecule has 0 radical (unpaired) electrons. The van der Waals surface area contributed by atoms with Gasteiger partial charge in [0.2, 0.25) is 5.91 Å². The maximum atomic E-state index is 12.3. The number of rotatable bonds is 6. The summed E-state index contributed by atoms with van der Waals surface area (Å²) in [7, 11) is 0. The zero-order valence-corrected chi connectivity index (χ0v) is 17.1. The van der Waals surface area contributed by atoms with Gasteiger partial charge in [-0.05, 0) is 56.0 Å². The number of benzene rings is 1. The van der Waals surface area contributed by atoms with E-state index in [-0.39, 0.29) is 30.7 Å². The minimum atomic E-state index is 0. The molecular weight excluding hydrogens is 373 g/mol. The number of halogens is 2. The molecule has 2 fully saturated rings. The third-order valence-electron chi connectivity index (χ3n) is 5.03. The van der Waals surface area contributed by atoms with Gasteiger partial charge in [0.1, 0.15) is 0 Å². The van der Waals surface area contributed by atoms with E-state index in [0.29, 0.717) is 12.3 Å². The SMILES string of the molecule is Cc1ccc(CN2CCOCC2)cc1NC(=O)CCC1CCNC1.Cl.Cl. The molecule has 26 heavy (non-hydrogen) atoms. The monoisotopic (exact) mass is 403 g/mol. The quantitative estimate of drug-likeness (QED) is 0.766. The normalized spacial score (nSPS) is 20.1. The number of hydrogen-bond acceptors (Lipinski definition) is 4. The van der Waals surface area contributed by atoms with E-state index in [0.717, 1.165) is 63.6 Å². The highest BCUT2D eigenvalue weighted by Gasteiger charge is 2.16. The summed E-state index contributed by atoms with van der Waals surface area (Å²) in [5, 5.41) is 6.47. The molecule has 148 valence electrons. The van der Waals surface area contributed by atoms with E-state index in [2.05, 4.69) is 40.7 Å². The zero-order valence-electron chi connectivity index (χ0n) is 15.5. The Morgan fingerprint density at radius 1 is 1.31 bits per heavy atom. The largest absolute Gasteiger partial charge is 0.379 e. The predicted octanol–water partition coefficient (Wildman–Crippen LogP) is 3.00. The fourth-order valence-electron chi connectivity index (χ4n) is 3.43. The van der Waals surface area contributed by atoms with Crippen molar-refractivity contribution in [3.8, 4) is 0 Å². The lowest BCUT2D eigenvalue weighted by molar-refractivity contribution is -0.116. The van der Waals surface area contributed by atoms with Crippen molar-refractivity contribution in [2.24, 2.45) is 5.92 Å². The number of amides is 1. The molecular formula is C19H31Cl2N3O2. The molecule has 1 aromatic rings. The van der Waals surface area contributed by atoms with Crippen molar-refractivity contribution in [3.63, 3.8) is 0 Å². The first-order valence-corrected chi connectivity index (χ1v) is 9.11. The van der Waals surface area contributed by atoms with Crippen molar-refractivity contribution >= 4 is 36.4 Å². The van der Waals surface area contributed by atoms with Gasteiger partial charge >= 0.3 is 0 Å². The zero-order chi connectivity index (χ0) is 16.8. The summed E-state index contributed by atoms with van der Waals surface area (Å²) < 4.78 is 5.40. The van der Waals surface area contributed by atoms with Crippen LogP contribution in [0.1, 0.15) is 30.4 Å². The molecule has 0 spiro atoms. The molecule has 3 rings (SSSR count). The van der Waals surface area contributed by atoms with Gasteiger partial charge in [-0.2, -0.15) is 0 Å². The summed E-state index contributed by atoms with van der Waals surface area (Å²) in [6.45, 7) is 8.69. The molecule has 2 N–H and O–H groups in total. The first-order valence-electron chi connectivity index (χ1n) is 9.11. The molecule has 1 aromatic carbocycles. The van der Waals surface area contributed by atoms with Gasteiger partial charge in [-0.15, -0.1) is 24.8 Å². The number of morpholine rings is 1. The highest BCUT2D eigenvalue weighted by molar-refractivity contribution is 5.91. The fraction of sp³-hybridized carbons (Fsp3) is 0.632. The van der Waals surface area contributed by atoms with Gasteiger partial charge in [0.05, 0.1) is 13.2 Å². The van der Waals surface area contributed by atoms with E-state index < -0.39 is 0 Å². The second-order valence-corrected chi connectivity index (χ2v) is 6.98. The van der Waals surface area contributed by atoms with Crippen molar-refractivity contribution < 1.29 is 9.53 Å². The summed E-state index contributed by atoms with van der Waals surface area (Å²) >= 11 is 0. The van der Waals surface area contributed by atoms with Crippen LogP contribution in [0.4, 0.5) is 5.69 Å². The summed E-state index contributed by atoms with van der Waals surface area (Å²) in [4.78, 5) is 14.7. The van der Waals surface area contributed by atoms with Crippen molar-refractivity contribution in [2.45, 2.75) is 32.7 Å². The Morgan fingerprint density at radius 3 is 2.77 bits per heavy atom. The van der Waals surface area contributed by atoms with Crippen LogP contribution in [0, 0.1) is 12.8 Å². The highest BCUT2D eigenvalue weighted by Crippen LogP contribution is 2.20. The topological polar surface area (TPSA) is 53.6 Å². The lowest BCUT2D eigenvalue weighted by atomic mass is 10.0. The van der Waals surface area contributed by atoms with Gasteiger partial charge in [0, 0.05) is 31.7 Å². The molecule has 5 nitrogen and oxygen atoms in total. The van der Waals surface area contributed by atoms with Gasteiger partial charge in [0.15, 0.2) is 0 Å². The minimum absolute atomic E-state index is 0. The third-order valence-corrected chi connectivity index (χ3v) is 5.03. The summed E-state index contributed by atoms with van der Waals surface area (Å²) in [5.41, 5.74) is 3.32. The summed E-state index contributed by atoms with van der Waals surface area (Å²) in [6, 6.07) is 6.39. The van der Waals surface area contributed by atoms with Gasteiger partial charge in [-0.3, -0.25) is 9.69 Å². The number of ether oxygens (including phenoxy) is 1. The number of carbonyl (C=O) groups excluding carboxylic acids is 1. The van der Waals surface area contributed by atoms with Gasteiger partial charge in [0.25, 0.3) is 0 Å². The number of hydrogen-bond donors (Lipinski definition) is 2. The molecule has 2 heterocycles. The second-order valence-electron chi connectivity index (χ2n) is 6.98. The van der Waals surface area contributed by atoms with Crippen LogP contribution in [-0.2, 0) is 16.1 Å². The number of aryl methyl sites for hydroxylation is 1. The number of anilines is 1. The lowest BCUT2D eigenvalue weighted by Gasteiger charge is -2.26. The van der Waals surface area contributed by atoms with Crippen LogP contribution >= 0.6 is 24.8 Å². The molecule has 1 atom stereocenters. The van der Waals surface area contributed by atoms with E-state index in [1.807, 2.05) is 0 Å². The number of nitrogens with zero attached hydrogens (tertiary/aromatic N) is 1. The number of carbonyl (C=O) groups is 1. The smallest absolute Gasteiger partial charge is 0.224 e. The first kappa shape index (κ1) is 23.2. The standard InChI is InChI=1S/C19H29N3O2.2ClH/c1-15-2-3-17(14-22-8-10-24-11-9-22)12-18(15)21-19(23)5-4-16-6-7-20-13-16;;/h2-3,12,16,20H,4-11,13-14H2,1H3,(H,21,23);2*1H. The molecule has 1 amide bonds. The van der Waals surface area contributed by atoms with E-state index in [1.54, 1.807) is 0 Å². The first-order chi connectivity index (χ1) is 11.7. The van der Waals surface area contributed by atoms with Crippen LogP contribution in [0.2, 0.25) is 0 Å². The molecule has 0 aliphatic carbocycles. The Morgan fingerprint density at radius 2 is 2.08 bits per heavy atom.